The summed E-state index contributed by atoms with van der Waals surface area (Å²) in [5.74, 6) is 0. The molecule has 0 bridgehead atoms. The van der Waals surface area contributed by atoms with Crippen molar-refractivity contribution in [3.05, 3.63) is 83.1 Å². The van der Waals surface area contributed by atoms with Gasteiger partial charge in [0.1, 0.15) is 6.33 Å². The molecule has 4 nitrogen and oxygen atoms in total. The van der Waals surface area contributed by atoms with Crippen molar-refractivity contribution < 1.29 is 5.11 Å². The van der Waals surface area contributed by atoms with E-state index in [2.05, 4.69) is 11.1 Å². The largest absolute Gasteiger partial charge is 0.386 e. The molecule has 1 heterocycles. The number of aliphatic hydroxyl groups is 1. The highest BCUT2D eigenvalue weighted by Gasteiger charge is 2.17. The van der Waals surface area contributed by atoms with Gasteiger partial charge < -0.3 is 5.11 Å². The summed E-state index contributed by atoms with van der Waals surface area (Å²) in [6, 6.07) is 21.1. The van der Waals surface area contributed by atoms with Crippen LogP contribution in [-0.4, -0.2) is 14.7 Å². The van der Waals surface area contributed by atoms with E-state index in [4.69, 9.17) is 11.6 Å². The van der Waals surface area contributed by atoms with Gasteiger partial charge in [-0.25, -0.2) is 4.98 Å². The van der Waals surface area contributed by atoms with Crippen molar-refractivity contribution in [2.24, 2.45) is 0 Å². The highest BCUT2D eigenvalue weighted by atomic mass is 35.5. The summed E-state index contributed by atoms with van der Waals surface area (Å²) in [6.07, 6.45) is 1.77. The first-order chi connectivity index (χ1) is 13.4. The molecule has 0 aliphatic heterocycles. The van der Waals surface area contributed by atoms with Crippen LogP contribution in [0.4, 0.5) is 0 Å². The van der Waals surface area contributed by atoms with Gasteiger partial charge in [0.2, 0.25) is 0 Å². The zero-order valence-corrected chi connectivity index (χ0v) is 16.3. The van der Waals surface area contributed by atoms with Crippen LogP contribution in [0.3, 0.4) is 0 Å². The first-order valence-corrected chi connectivity index (χ1v) is 9.25. The van der Waals surface area contributed by atoms with Crippen molar-refractivity contribution in [2.75, 3.05) is 0 Å². The van der Waals surface area contributed by atoms with E-state index in [-0.39, 0.29) is 0 Å². The van der Waals surface area contributed by atoms with E-state index in [0.717, 1.165) is 33.4 Å². The molecule has 0 saturated carbocycles. The van der Waals surface area contributed by atoms with Gasteiger partial charge in [-0.05, 0) is 67.4 Å². The van der Waals surface area contributed by atoms with Gasteiger partial charge in [0.25, 0.3) is 0 Å². The molecule has 0 fully saturated rings. The summed E-state index contributed by atoms with van der Waals surface area (Å²) in [7, 11) is 0. The van der Waals surface area contributed by atoms with Crippen LogP contribution in [0.5, 0.6) is 0 Å². The molecule has 3 aromatic carbocycles. The molecule has 0 radical (unpaired) electrons. The van der Waals surface area contributed by atoms with Crippen molar-refractivity contribution in [3.8, 4) is 22.9 Å². The van der Waals surface area contributed by atoms with Crippen molar-refractivity contribution >= 4 is 22.6 Å². The number of aromatic nitrogens is 2. The molecule has 0 unspecified atom stereocenters. The van der Waals surface area contributed by atoms with E-state index in [1.54, 1.807) is 38.4 Å². The minimum atomic E-state index is -0.916. The molecule has 28 heavy (non-hydrogen) atoms. The number of rotatable bonds is 3. The van der Waals surface area contributed by atoms with E-state index in [1.165, 1.54) is 0 Å². The smallest absolute Gasteiger partial charge is 0.100 e. The summed E-state index contributed by atoms with van der Waals surface area (Å²) in [5, 5.41) is 20.0. The second-order valence-electron chi connectivity index (χ2n) is 7.23. The quantitative estimate of drug-likeness (QED) is 0.508. The fourth-order valence-electron chi connectivity index (χ4n) is 3.24. The third-order valence-corrected chi connectivity index (χ3v) is 5.11. The van der Waals surface area contributed by atoms with Crippen LogP contribution < -0.4 is 0 Å². The Morgan fingerprint density at radius 1 is 1.07 bits per heavy atom. The van der Waals surface area contributed by atoms with E-state index >= 15 is 0 Å². The summed E-state index contributed by atoms with van der Waals surface area (Å²) in [6.45, 7) is 3.52. The van der Waals surface area contributed by atoms with Crippen molar-refractivity contribution in [1.29, 1.82) is 5.26 Å². The van der Waals surface area contributed by atoms with Crippen LogP contribution in [-0.2, 0) is 5.60 Å². The minimum Gasteiger partial charge on any atom is -0.386 e. The standard InChI is InChI=1S/C23H18ClN3O/c1-23(2,28)17-7-9-22-21(12-17)26-14-27(22)18-5-3-4-16(11-18)19-10-15(13-25)6-8-20(19)24/h3-12,14,28H,1-2H3. The average molecular weight is 388 g/mol. The first-order valence-electron chi connectivity index (χ1n) is 8.87. The molecular formula is C23H18ClN3O. The van der Waals surface area contributed by atoms with Crippen LogP contribution in [0, 0.1) is 11.3 Å². The van der Waals surface area contributed by atoms with Crippen LogP contribution in [0.1, 0.15) is 25.0 Å². The molecule has 5 heteroatoms. The lowest BCUT2D eigenvalue weighted by Crippen LogP contribution is -2.15. The fraction of sp³-hybridized carbons (Fsp3) is 0.130. The summed E-state index contributed by atoms with van der Waals surface area (Å²) in [4.78, 5) is 4.50. The Bertz CT molecular complexity index is 1230. The summed E-state index contributed by atoms with van der Waals surface area (Å²) < 4.78 is 2.00. The number of benzene rings is 3. The molecule has 1 aromatic heterocycles. The Labute approximate surface area is 168 Å². The number of halogens is 1. The Morgan fingerprint density at radius 2 is 1.89 bits per heavy atom. The molecule has 138 valence electrons. The Morgan fingerprint density at radius 3 is 2.64 bits per heavy atom. The second-order valence-corrected chi connectivity index (χ2v) is 7.64. The molecule has 0 spiro atoms. The van der Waals surface area contributed by atoms with Gasteiger partial charge in [-0.15, -0.1) is 0 Å². The minimum absolute atomic E-state index is 0.567. The highest BCUT2D eigenvalue weighted by Crippen LogP contribution is 2.31. The third kappa shape index (κ3) is 3.27. The molecule has 0 aliphatic carbocycles. The van der Waals surface area contributed by atoms with Crippen molar-refractivity contribution in [1.82, 2.24) is 9.55 Å². The summed E-state index contributed by atoms with van der Waals surface area (Å²) in [5.41, 5.74) is 4.91. The number of hydrogen-bond acceptors (Lipinski definition) is 3. The Hall–Kier alpha value is -3.13. The normalized spacial score (nSPS) is 11.5. The molecule has 4 rings (SSSR count). The lowest BCUT2D eigenvalue weighted by molar-refractivity contribution is 0.0787. The molecule has 1 N–H and O–H groups in total. The van der Waals surface area contributed by atoms with Gasteiger partial charge in [-0.2, -0.15) is 5.26 Å². The first kappa shape index (κ1) is 18.2. The van der Waals surface area contributed by atoms with Gasteiger partial charge in [0.15, 0.2) is 0 Å². The topological polar surface area (TPSA) is 61.8 Å². The Balaban J connectivity index is 1.82. The maximum atomic E-state index is 10.2. The molecular weight excluding hydrogens is 370 g/mol. The fourth-order valence-corrected chi connectivity index (χ4v) is 3.46. The van der Waals surface area contributed by atoms with Gasteiger partial charge in [-0.1, -0.05) is 29.8 Å². The van der Waals surface area contributed by atoms with Crippen molar-refractivity contribution in [2.45, 2.75) is 19.4 Å². The van der Waals surface area contributed by atoms with Crippen LogP contribution in [0.2, 0.25) is 5.02 Å². The van der Waals surface area contributed by atoms with E-state index in [0.29, 0.717) is 10.6 Å². The predicted molar refractivity (Wildman–Crippen MR) is 111 cm³/mol. The van der Waals surface area contributed by atoms with E-state index in [9.17, 15) is 10.4 Å². The number of fused-ring (bicyclic) bond motifs is 1. The molecule has 0 saturated heterocycles. The lowest BCUT2D eigenvalue weighted by atomic mass is 9.98. The SMILES string of the molecule is CC(C)(O)c1ccc2c(c1)ncn2-c1cccc(-c2cc(C#N)ccc2Cl)c1. The number of nitriles is 1. The van der Waals surface area contributed by atoms with Crippen LogP contribution in [0.25, 0.3) is 27.8 Å². The highest BCUT2D eigenvalue weighted by molar-refractivity contribution is 6.33. The summed E-state index contributed by atoms with van der Waals surface area (Å²) >= 11 is 6.37. The van der Waals surface area contributed by atoms with Crippen LogP contribution in [0.15, 0.2) is 67.0 Å². The molecule has 0 amide bonds. The maximum absolute atomic E-state index is 10.2. The number of nitrogens with zero attached hydrogens (tertiary/aromatic N) is 3. The van der Waals surface area contributed by atoms with Gasteiger partial charge in [0.05, 0.1) is 28.3 Å². The molecule has 0 aliphatic rings. The van der Waals surface area contributed by atoms with Gasteiger partial charge >= 0.3 is 0 Å². The second kappa shape index (κ2) is 6.79. The molecule has 0 atom stereocenters. The monoisotopic (exact) mass is 387 g/mol. The zero-order chi connectivity index (χ0) is 19.9. The van der Waals surface area contributed by atoms with E-state index < -0.39 is 5.60 Å². The lowest BCUT2D eigenvalue weighted by Gasteiger charge is -2.17. The van der Waals surface area contributed by atoms with Crippen molar-refractivity contribution in [3.63, 3.8) is 0 Å². The van der Waals surface area contributed by atoms with Gasteiger partial charge in [0, 0.05) is 16.3 Å². The third-order valence-electron chi connectivity index (χ3n) is 4.78. The number of hydrogen-bond donors (Lipinski definition) is 1. The predicted octanol–water partition coefficient (Wildman–Crippen LogP) is 5.44. The average Bonchev–Trinajstić information content (AvgIpc) is 3.11. The van der Waals surface area contributed by atoms with Crippen LogP contribution >= 0.6 is 11.6 Å². The molecule has 4 aromatic rings. The zero-order valence-electron chi connectivity index (χ0n) is 15.5. The Kier molecular flexibility index (Phi) is 4.43. The maximum Gasteiger partial charge on any atom is 0.100 e. The number of imidazole rings is 1. The van der Waals surface area contributed by atoms with Gasteiger partial charge in [-0.3, -0.25) is 4.57 Å². The van der Waals surface area contributed by atoms with E-state index in [1.807, 2.05) is 47.0 Å².